The van der Waals surface area contributed by atoms with Crippen LogP contribution < -0.4 is 14.4 Å². The van der Waals surface area contributed by atoms with Crippen molar-refractivity contribution in [1.29, 1.82) is 0 Å². The smallest absolute Gasteiger partial charge is 0.260 e. The number of rotatable bonds is 6. The Morgan fingerprint density at radius 1 is 1.10 bits per heavy atom. The number of hydrogen-bond acceptors (Lipinski definition) is 6. The molecule has 2 heterocycles. The Labute approximate surface area is 176 Å². The van der Waals surface area contributed by atoms with Gasteiger partial charge in [0.25, 0.3) is 5.91 Å². The lowest BCUT2D eigenvalue weighted by molar-refractivity contribution is 0.0984. The van der Waals surface area contributed by atoms with E-state index in [-0.39, 0.29) is 18.3 Å². The highest BCUT2D eigenvalue weighted by Gasteiger charge is 2.23. The van der Waals surface area contributed by atoms with Gasteiger partial charge >= 0.3 is 0 Å². The van der Waals surface area contributed by atoms with Crippen LogP contribution in [0.15, 0.2) is 60.9 Å². The number of carbonyl (C=O) groups excluding carboxylic acids is 1. The summed E-state index contributed by atoms with van der Waals surface area (Å²) in [7, 11) is 3.05. The normalized spacial score (nSPS) is 10.8. The van der Waals surface area contributed by atoms with Gasteiger partial charge in [-0.3, -0.25) is 14.7 Å². The molecule has 0 spiro atoms. The van der Waals surface area contributed by atoms with Crippen molar-refractivity contribution < 1.29 is 18.7 Å². The molecule has 30 heavy (non-hydrogen) atoms. The summed E-state index contributed by atoms with van der Waals surface area (Å²) in [6, 6.07) is 13.0. The first-order valence-electron chi connectivity index (χ1n) is 9.07. The van der Waals surface area contributed by atoms with E-state index in [2.05, 4.69) is 9.97 Å². The number of aromatic nitrogens is 2. The van der Waals surface area contributed by atoms with Crippen LogP contribution in [0.4, 0.5) is 9.52 Å². The maximum Gasteiger partial charge on any atom is 0.260 e. The van der Waals surface area contributed by atoms with Crippen LogP contribution >= 0.6 is 11.3 Å². The quantitative estimate of drug-likeness (QED) is 0.450. The SMILES string of the molecule is COc1cc(OC)cc(C(=O)N(Cc2cccnc2)c2nc3ccc(F)cc3s2)c1. The van der Waals surface area contributed by atoms with Crippen molar-refractivity contribution >= 4 is 32.6 Å². The molecule has 8 heteroatoms. The van der Waals surface area contributed by atoms with Crippen molar-refractivity contribution in [2.75, 3.05) is 19.1 Å². The summed E-state index contributed by atoms with van der Waals surface area (Å²) in [5, 5.41) is 0.464. The number of hydrogen-bond donors (Lipinski definition) is 0. The average Bonchev–Trinajstić information content (AvgIpc) is 3.20. The van der Waals surface area contributed by atoms with Crippen LogP contribution in [0.3, 0.4) is 0 Å². The van der Waals surface area contributed by atoms with Crippen molar-refractivity contribution in [2.45, 2.75) is 6.54 Å². The minimum Gasteiger partial charge on any atom is -0.497 e. The summed E-state index contributed by atoms with van der Waals surface area (Å²) in [4.78, 5) is 23.8. The Kier molecular flexibility index (Phi) is 5.58. The van der Waals surface area contributed by atoms with Gasteiger partial charge in [-0.05, 0) is 42.0 Å². The molecule has 0 saturated heterocycles. The number of thiazole rings is 1. The number of halogens is 1. The molecule has 6 nitrogen and oxygen atoms in total. The lowest BCUT2D eigenvalue weighted by Crippen LogP contribution is -2.30. The van der Waals surface area contributed by atoms with E-state index < -0.39 is 0 Å². The molecule has 0 bridgehead atoms. The molecule has 0 saturated carbocycles. The van der Waals surface area contributed by atoms with E-state index in [9.17, 15) is 9.18 Å². The van der Waals surface area contributed by atoms with Crippen LogP contribution in [0.2, 0.25) is 0 Å². The van der Waals surface area contributed by atoms with E-state index in [4.69, 9.17) is 9.47 Å². The summed E-state index contributed by atoms with van der Waals surface area (Å²) in [6.45, 7) is 0.258. The molecule has 0 aliphatic rings. The maximum atomic E-state index is 13.6. The molecule has 152 valence electrons. The van der Waals surface area contributed by atoms with Crippen molar-refractivity contribution in [3.8, 4) is 11.5 Å². The second kappa shape index (κ2) is 8.46. The van der Waals surface area contributed by atoms with Gasteiger partial charge in [0.15, 0.2) is 5.13 Å². The molecule has 0 aliphatic carbocycles. The van der Waals surface area contributed by atoms with Crippen LogP contribution in [0, 0.1) is 5.82 Å². The molecule has 2 aromatic heterocycles. The zero-order chi connectivity index (χ0) is 21.1. The summed E-state index contributed by atoms with van der Waals surface area (Å²) < 4.78 is 24.9. The molecule has 0 atom stereocenters. The van der Waals surface area contributed by atoms with Gasteiger partial charge in [0.05, 0.1) is 31.0 Å². The molecule has 0 radical (unpaired) electrons. The van der Waals surface area contributed by atoms with Gasteiger partial charge in [-0.2, -0.15) is 0 Å². The highest BCUT2D eigenvalue weighted by molar-refractivity contribution is 7.22. The van der Waals surface area contributed by atoms with Gasteiger partial charge in [0, 0.05) is 24.0 Å². The van der Waals surface area contributed by atoms with E-state index in [0.717, 1.165) is 5.56 Å². The van der Waals surface area contributed by atoms with Crippen LogP contribution in [0.5, 0.6) is 11.5 Å². The molecule has 0 aliphatic heterocycles. The number of ether oxygens (including phenoxy) is 2. The molecule has 4 aromatic rings. The Balaban J connectivity index is 1.79. The van der Waals surface area contributed by atoms with Crippen LogP contribution in [-0.2, 0) is 6.54 Å². The third-order valence-corrected chi connectivity index (χ3v) is 5.52. The second-order valence-electron chi connectivity index (χ2n) is 6.46. The van der Waals surface area contributed by atoms with Crippen LogP contribution in [0.1, 0.15) is 15.9 Å². The highest BCUT2D eigenvalue weighted by atomic mass is 32.1. The third-order valence-electron chi connectivity index (χ3n) is 4.48. The molecule has 0 unspecified atom stereocenters. The van der Waals surface area contributed by atoms with Crippen molar-refractivity contribution in [2.24, 2.45) is 0 Å². The van der Waals surface area contributed by atoms with Gasteiger partial charge in [-0.1, -0.05) is 17.4 Å². The molecule has 0 fully saturated rings. The maximum absolute atomic E-state index is 13.6. The van der Waals surface area contributed by atoms with Gasteiger partial charge in [0.1, 0.15) is 17.3 Å². The number of pyridine rings is 1. The number of amides is 1. The summed E-state index contributed by atoms with van der Waals surface area (Å²) in [5.41, 5.74) is 1.86. The lowest BCUT2D eigenvalue weighted by atomic mass is 10.1. The predicted octanol–water partition coefficient (Wildman–Crippen LogP) is 4.69. The molecule has 0 N–H and O–H groups in total. The number of anilines is 1. The average molecular weight is 423 g/mol. The van der Waals surface area contributed by atoms with Crippen LogP contribution in [0.25, 0.3) is 10.2 Å². The van der Waals surface area contributed by atoms with E-state index in [0.29, 0.717) is 32.4 Å². The van der Waals surface area contributed by atoms with Crippen molar-refractivity contribution in [3.05, 3.63) is 77.9 Å². The Hall–Kier alpha value is -3.52. The number of carbonyl (C=O) groups is 1. The summed E-state index contributed by atoms with van der Waals surface area (Å²) >= 11 is 1.25. The van der Waals surface area contributed by atoms with Crippen molar-refractivity contribution in [1.82, 2.24) is 9.97 Å². The largest absolute Gasteiger partial charge is 0.497 e. The molecule has 4 rings (SSSR count). The fourth-order valence-electron chi connectivity index (χ4n) is 2.99. The number of nitrogens with zero attached hydrogens (tertiary/aromatic N) is 3. The van der Waals surface area contributed by atoms with E-state index in [1.807, 2.05) is 6.07 Å². The number of fused-ring (bicyclic) bond motifs is 1. The second-order valence-corrected chi connectivity index (χ2v) is 7.47. The summed E-state index contributed by atoms with van der Waals surface area (Å²) in [6.07, 6.45) is 3.36. The zero-order valence-corrected chi connectivity index (χ0v) is 17.1. The standard InChI is InChI=1S/C22H18FN3O3S/c1-28-17-8-15(9-18(11-17)29-2)21(27)26(13-14-4-3-7-24-12-14)22-25-19-6-5-16(23)10-20(19)30-22/h3-12H,13H2,1-2H3. The van der Waals surface area contributed by atoms with Crippen molar-refractivity contribution in [3.63, 3.8) is 0 Å². The van der Waals surface area contributed by atoms with Gasteiger partial charge in [-0.15, -0.1) is 0 Å². The molecular formula is C22H18FN3O3S. The van der Waals surface area contributed by atoms with E-state index >= 15 is 0 Å². The Morgan fingerprint density at radius 2 is 1.87 bits per heavy atom. The first-order valence-corrected chi connectivity index (χ1v) is 9.89. The first-order chi connectivity index (χ1) is 14.6. The van der Waals surface area contributed by atoms with Crippen LogP contribution in [-0.4, -0.2) is 30.1 Å². The number of benzene rings is 2. The monoisotopic (exact) mass is 423 g/mol. The fourth-order valence-corrected chi connectivity index (χ4v) is 3.98. The van der Waals surface area contributed by atoms with E-state index in [1.165, 1.54) is 37.7 Å². The van der Waals surface area contributed by atoms with Gasteiger partial charge in [-0.25, -0.2) is 9.37 Å². The number of methoxy groups -OCH3 is 2. The minimum atomic E-state index is -0.347. The van der Waals surface area contributed by atoms with Gasteiger partial charge in [0.2, 0.25) is 0 Å². The van der Waals surface area contributed by atoms with Gasteiger partial charge < -0.3 is 9.47 Å². The summed E-state index contributed by atoms with van der Waals surface area (Å²) in [5.74, 6) is 0.381. The lowest BCUT2D eigenvalue weighted by Gasteiger charge is -2.20. The molecule has 1 amide bonds. The third kappa shape index (κ3) is 4.08. The zero-order valence-electron chi connectivity index (χ0n) is 16.3. The Bertz CT molecular complexity index is 1170. The molecular weight excluding hydrogens is 405 g/mol. The van der Waals surface area contributed by atoms with E-state index in [1.54, 1.807) is 47.6 Å². The Morgan fingerprint density at radius 3 is 2.53 bits per heavy atom. The minimum absolute atomic E-state index is 0.258. The first kappa shape index (κ1) is 19.8. The fraction of sp³-hybridized carbons (Fsp3) is 0.136. The topological polar surface area (TPSA) is 64.6 Å². The molecule has 2 aromatic carbocycles. The predicted molar refractivity (Wildman–Crippen MR) is 114 cm³/mol. The highest BCUT2D eigenvalue weighted by Crippen LogP contribution is 2.32.